The molecule has 1 aromatic carbocycles. The third-order valence-corrected chi connectivity index (χ3v) is 7.95. The van der Waals surface area contributed by atoms with Crippen LogP contribution < -0.4 is 20.9 Å². The van der Waals surface area contributed by atoms with E-state index in [2.05, 4.69) is 39.2 Å². The zero-order valence-electron chi connectivity index (χ0n) is 21.4. The number of carbonyl (C=O) groups excluding carboxylic acids is 3. The maximum absolute atomic E-state index is 13.5. The minimum absolute atomic E-state index is 0.173. The van der Waals surface area contributed by atoms with Crippen molar-refractivity contribution in [2.24, 2.45) is 4.99 Å². The van der Waals surface area contributed by atoms with Crippen molar-refractivity contribution in [2.75, 3.05) is 10.2 Å². The summed E-state index contributed by atoms with van der Waals surface area (Å²) in [7, 11) is 0. The molecule has 0 radical (unpaired) electrons. The van der Waals surface area contributed by atoms with Gasteiger partial charge in [-0.1, -0.05) is 36.9 Å². The lowest BCUT2D eigenvalue weighted by Crippen LogP contribution is -2.48. The summed E-state index contributed by atoms with van der Waals surface area (Å²) in [6, 6.07) is 10.7. The van der Waals surface area contributed by atoms with Gasteiger partial charge in [0.25, 0.3) is 5.91 Å². The van der Waals surface area contributed by atoms with Crippen molar-refractivity contribution in [2.45, 2.75) is 38.3 Å². The van der Waals surface area contributed by atoms with E-state index in [4.69, 9.17) is 0 Å². The summed E-state index contributed by atoms with van der Waals surface area (Å²) in [5, 5.41) is 9.58. The molecule has 0 bridgehead atoms. The number of anilines is 2. The van der Waals surface area contributed by atoms with E-state index in [1.807, 2.05) is 43.3 Å². The van der Waals surface area contributed by atoms with Gasteiger partial charge < -0.3 is 16.0 Å². The van der Waals surface area contributed by atoms with E-state index in [0.717, 1.165) is 30.4 Å². The first-order valence-corrected chi connectivity index (χ1v) is 13.4. The summed E-state index contributed by atoms with van der Waals surface area (Å²) >= 11 is 1.23. The van der Waals surface area contributed by atoms with Crippen LogP contribution in [0.4, 0.5) is 16.2 Å². The van der Waals surface area contributed by atoms with Crippen molar-refractivity contribution >= 4 is 63.1 Å². The number of pyridine rings is 1. The molecular formula is C29H28N6O3S. The van der Waals surface area contributed by atoms with Gasteiger partial charge in [-0.15, -0.1) is 11.3 Å². The lowest BCUT2D eigenvalue weighted by Gasteiger charge is -2.29. The second-order valence-corrected chi connectivity index (χ2v) is 10.3. The molecule has 1 aliphatic carbocycles. The molecule has 4 amide bonds. The second-order valence-electron chi connectivity index (χ2n) is 9.33. The van der Waals surface area contributed by atoms with Crippen LogP contribution in [0.3, 0.4) is 0 Å². The largest absolute Gasteiger partial charge is 0.348 e. The maximum Gasteiger partial charge on any atom is 0.330 e. The van der Waals surface area contributed by atoms with Gasteiger partial charge in [-0.25, -0.2) is 9.78 Å². The normalized spacial score (nSPS) is 19.0. The topological polar surface area (TPSA) is 116 Å². The van der Waals surface area contributed by atoms with Crippen molar-refractivity contribution < 1.29 is 14.4 Å². The molecular weight excluding hydrogens is 512 g/mol. The van der Waals surface area contributed by atoms with Gasteiger partial charge >= 0.3 is 6.03 Å². The van der Waals surface area contributed by atoms with Gasteiger partial charge in [-0.3, -0.25) is 19.5 Å². The Hall–Kier alpha value is -4.57. The molecule has 1 aliphatic heterocycles. The molecule has 5 rings (SSSR count). The minimum Gasteiger partial charge on any atom is -0.348 e. The zero-order valence-corrected chi connectivity index (χ0v) is 22.3. The lowest BCUT2D eigenvalue weighted by atomic mass is 10.1. The first-order chi connectivity index (χ1) is 18.9. The van der Waals surface area contributed by atoms with Crippen LogP contribution in [-0.4, -0.2) is 41.6 Å². The van der Waals surface area contributed by atoms with Crippen LogP contribution in [0.2, 0.25) is 0 Å². The fourth-order valence-electron chi connectivity index (χ4n) is 5.09. The van der Waals surface area contributed by atoms with Crippen LogP contribution in [0, 0.1) is 0 Å². The number of carbonyl (C=O) groups is 3. The summed E-state index contributed by atoms with van der Waals surface area (Å²) in [4.78, 5) is 49.7. The Kier molecular flexibility index (Phi) is 7.38. The number of benzene rings is 1. The molecule has 10 heteroatoms. The van der Waals surface area contributed by atoms with Gasteiger partial charge in [0.1, 0.15) is 9.71 Å². The summed E-state index contributed by atoms with van der Waals surface area (Å²) in [5.74, 6) is -0.576. The number of nitrogens with one attached hydrogen (secondary N) is 3. The predicted molar refractivity (Wildman–Crippen MR) is 156 cm³/mol. The predicted octanol–water partition coefficient (Wildman–Crippen LogP) is 5.25. The Balaban J connectivity index is 1.48. The summed E-state index contributed by atoms with van der Waals surface area (Å²) in [5.41, 5.74) is 3.48. The van der Waals surface area contributed by atoms with Crippen molar-refractivity contribution in [3.8, 4) is 0 Å². The molecule has 39 heavy (non-hydrogen) atoms. The molecule has 0 saturated heterocycles. The van der Waals surface area contributed by atoms with Gasteiger partial charge in [-0.2, -0.15) is 0 Å². The van der Waals surface area contributed by atoms with E-state index in [-0.39, 0.29) is 29.9 Å². The summed E-state index contributed by atoms with van der Waals surface area (Å²) in [6.07, 6.45) is 8.79. The fourth-order valence-corrected chi connectivity index (χ4v) is 6.11. The highest BCUT2D eigenvalue weighted by atomic mass is 32.1. The molecule has 1 fully saturated rings. The molecule has 198 valence electrons. The van der Waals surface area contributed by atoms with Crippen LogP contribution in [0.15, 0.2) is 78.2 Å². The molecule has 0 spiro atoms. The first-order valence-electron chi connectivity index (χ1n) is 12.6. The molecule has 2 aromatic heterocycles. The third-order valence-electron chi connectivity index (χ3n) is 6.85. The molecule has 3 aromatic rings. The molecule has 3 heterocycles. The average Bonchev–Trinajstić information content (AvgIpc) is 3.53. The lowest BCUT2D eigenvalue weighted by molar-refractivity contribution is -0.117. The molecule has 0 unspecified atom stereocenters. The third kappa shape index (κ3) is 5.10. The SMILES string of the molecule is C=CC(=O)N[C@H]1CCC[C@H]1NC(=O)c1sc2nccc3c2c1NC(=O)N3/C(C)=C/C(=C\N=C)c1ccccc1. The van der Waals surface area contributed by atoms with E-state index in [1.54, 1.807) is 23.4 Å². The number of rotatable bonds is 8. The molecule has 1 saturated carbocycles. The van der Waals surface area contributed by atoms with E-state index < -0.39 is 0 Å². The molecule has 2 atom stereocenters. The first kappa shape index (κ1) is 26.1. The van der Waals surface area contributed by atoms with Crippen molar-refractivity contribution in [3.63, 3.8) is 0 Å². The van der Waals surface area contributed by atoms with Crippen LogP contribution in [0.1, 0.15) is 41.4 Å². The van der Waals surface area contributed by atoms with E-state index in [1.165, 1.54) is 17.4 Å². The Morgan fingerprint density at radius 1 is 1.18 bits per heavy atom. The Labute approximate surface area is 230 Å². The summed E-state index contributed by atoms with van der Waals surface area (Å²) in [6.45, 7) is 8.92. The quantitative estimate of drug-likeness (QED) is 0.206. The van der Waals surface area contributed by atoms with Gasteiger partial charge in [0.15, 0.2) is 0 Å². The number of hydrogen-bond acceptors (Lipinski definition) is 6. The Bertz CT molecular complexity index is 1540. The average molecular weight is 541 g/mol. The van der Waals surface area contributed by atoms with Gasteiger partial charge in [0, 0.05) is 35.8 Å². The molecule has 3 N–H and O–H groups in total. The standard InChI is InChI=1S/C29H28N6O3S/c1-4-23(36)32-20-11-8-12-21(20)33-27(37)26-25-24-22(13-14-31-28(24)39-26)35(29(38)34-25)17(2)15-19(16-30-3)18-9-6-5-7-10-18/h4-7,9-10,13-16,20-21H,1,3,8,11-12H2,2H3,(H,32,36)(H,33,37)(H,34,38)/b17-15+,19-16+/t20-,21+/m0/s1. The van der Waals surface area contributed by atoms with E-state index >= 15 is 0 Å². The van der Waals surface area contributed by atoms with Crippen LogP contribution in [-0.2, 0) is 4.79 Å². The number of aliphatic imine (C=N–C) groups is 1. The smallest absolute Gasteiger partial charge is 0.330 e. The van der Waals surface area contributed by atoms with E-state index in [0.29, 0.717) is 32.2 Å². The monoisotopic (exact) mass is 540 g/mol. The number of nitrogens with zero attached hydrogens (tertiary/aromatic N) is 3. The van der Waals surface area contributed by atoms with Gasteiger partial charge in [0.2, 0.25) is 5.91 Å². The number of hydrogen-bond donors (Lipinski definition) is 3. The number of amides is 4. The number of allylic oxidation sites excluding steroid dienone is 3. The Morgan fingerprint density at radius 2 is 1.92 bits per heavy atom. The van der Waals surface area contributed by atoms with Crippen molar-refractivity contribution in [1.29, 1.82) is 0 Å². The summed E-state index contributed by atoms with van der Waals surface area (Å²) < 4.78 is 0. The zero-order chi connectivity index (χ0) is 27.5. The number of aromatic nitrogens is 1. The number of thiophene rings is 1. The van der Waals surface area contributed by atoms with Gasteiger partial charge in [0.05, 0.1) is 16.8 Å². The highest BCUT2D eigenvalue weighted by Gasteiger charge is 2.35. The van der Waals surface area contributed by atoms with Crippen LogP contribution in [0.5, 0.6) is 0 Å². The van der Waals surface area contributed by atoms with Crippen molar-refractivity contribution in [1.82, 2.24) is 15.6 Å². The molecule has 2 aliphatic rings. The fraction of sp³-hybridized carbons (Fsp3) is 0.207. The molecule has 9 nitrogen and oxygen atoms in total. The highest BCUT2D eigenvalue weighted by molar-refractivity contribution is 7.21. The maximum atomic E-state index is 13.5. The Morgan fingerprint density at radius 3 is 2.64 bits per heavy atom. The van der Waals surface area contributed by atoms with Crippen LogP contribution in [0.25, 0.3) is 15.8 Å². The van der Waals surface area contributed by atoms with Crippen LogP contribution >= 0.6 is 11.3 Å². The minimum atomic E-state index is -0.382. The highest BCUT2D eigenvalue weighted by Crippen LogP contribution is 2.44. The second kappa shape index (κ2) is 11.0. The number of urea groups is 1. The van der Waals surface area contributed by atoms with E-state index in [9.17, 15) is 14.4 Å². The van der Waals surface area contributed by atoms with Crippen molar-refractivity contribution in [3.05, 3.63) is 83.7 Å². The van der Waals surface area contributed by atoms with Gasteiger partial charge in [-0.05, 0) is 56.7 Å².